The van der Waals surface area contributed by atoms with Gasteiger partial charge in [-0.25, -0.2) is 14.6 Å². The van der Waals surface area contributed by atoms with Gasteiger partial charge in [0.1, 0.15) is 12.2 Å². The summed E-state index contributed by atoms with van der Waals surface area (Å²) in [5.74, 6) is 1.24. The molecule has 0 radical (unpaired) electrons. The molecule has 4 rings (SSSR count). The first kappa shape index (κ1) is 14.3. The second kappa shape index (κ2) is 5.73. The maximum atomic E-state index is 12.7. The van der Waals surface area contributed by atoms with Gasteiger partial charge in [0.05, 0.1) is 21.8 Å². The van der Waals surface area contributed by atoms with Gasteiger partial charge in [0.2, 0.25) is 0 Å². The molecular weight excluding hydrogens is 310 g/mol. The number of amides is 1. The Hall–Kier alpha value is -2.28. The number of carbonyl (C=O) groups is 1. The smallest absolute Gasteiger partial charge is 0.251 e. The van der Waals surface area contributed by atoms with Crippen LogP contribution in [0.4, 0.5) is 0 Å². The Balaban J connectivity index is 1.60. The van der Waals surface area contributed by atoms with Crippen molar-refractivity contribution in [1.82, 2.24) is 25.1 Å². The van der Waals surface area contributed by atoms with Gasteiger partial charge < -0.3 is 5.32 Å². The molecule has 1 fully saturated rings. The molecule has 6 nitrogen and oxygen atoms in total. The van der Waals surface area contributed by atoms with Gasteiger partial charge in [-0.1, -0.05) is 0 Å². The van der Waals surface area contributed by atoms with Gasteiger partial charge in [0.15, 0.2) is 0 Å². The number of carbonyl (C=O) groups excluding carboxylic acids is 1. The highest BCUT2D eigenvalue weighted by Crippen LogP contribution is 2.40. The number of benzene rings is 1. The van der Waals surface area contributed by atoms with E-state index in [1.165, 1.54) is 0 Å². The molecule has 1 aliphatic carbocycles. The Bertz CT molecular complexity index is 851. The van der Waals surface area contributed by atoms with Crippen LogP contribution in [-0.2, 0) is 6.54 Å². The average Bonchev–Trinajstić information content (AvgIpc) is 3.12. The summed E-state index contributed by atoms with van der Waals surface area (Å²) in [5.41, 5.74) is 3.38. The fourth-order valence-corrected chi connectivity index (χ4v) is 3.52. The zero-order chi connectivity index (χ0) is 15.8. The number of hydrogen-bond acceptors (Lipinski definition) is 5. The van der Waals surface area contributed by atoms with Gasteiger partial charge in [-0.2, -0.15) is 5.10 Å². The molecule has 0 aliphatic heterocycles. The monoisotopic (exact) mass is 327 g/mol. The van der Waals surface area contributed by atoms with Crippen molar-refractivity contribution in [2.45, 2.75) is 32.4 Å². The van der Waals surface area contributed by atoms with Gasteiger partial charge in [-0.15, -0.1) is 11.3 Å². The lowest BCUT2D eigenvalue weighted by Crippen LogP contribution is -2.32. The molecule has 2 aromatic heterocycles. The Labute approximate surface area is 137 Å². The summed E-state index contributed by atoms with van der Waals surface area (Å²) in [5, 5.41) is 7.38. The number of thiazole rings is 1. The molecule has 118 valence electrons. The van der Waals surface area contributed by atoms with Crippen molar-refractivity contribution in [1.29, 1.82) is 0 Å². The van der Waals surface area contributed by atoms with Crippen molar-refractivity contribution in [2.24, 2.45) is 5.92 Å². The van der Waals surface area contributed by atoms with Gasteiger partial charge in [0, 0.05) is 12.1 Å². The largest absolute Gasteiger partial charge is 0.342 e. The SMILES string of the molecule is CCn1ncnc1C(NC(=O)c1ccc2ncsc2c1)C1CC1. The minimum Gasteiger partial charge on any atom is -0.342 e. The first-order valence-electron chi connectivity index (χ1n) is 7.78. The molecule has 1 aromatic carbocycles. The summed E-state index contributed by atoms with van der Waals surface area (Å²) in [6.07, 6.45) is 3.80. The number of fused-ring (bicyclic) bond motifs is 1. The fraction of sp³-hybridized carbons (Fsp3) is 0.375. The molecule has 1 aliphatic rings. The molecule has 0 spiro atoms. The summed E-state index contributed by atoms with van der Waals surface area (Å²) < 4.78 is 2.88. The van der Waals surface area contributed by atoms with Crippen molar-refractivity contribution in [2.75, 3.05) is 0 Å². The van der Waals surface area contributed by atoms with E-state index in [2.05, 4.69) is 20.4 Å². The molecule has 3 aromatic rings. The number of hydrogen-bond donors (Lipinski definition) is 1. The molecule has 0 bridgehead atoms. The van der Waals surface area contributed by atoms with Crippen LogP contribution in [0.2, 0.25) is 0 Å². The number of nitrogens with zero attached hydrogens (tertiary/aromatic N) is 4. The predicted molar refractivity (Wildman–Crippen MR) is 88.2 cm³/mol. The highest BCUT2D eigenvalue weighted by atomic mass is 32.1. The summed E-state index contributed by atoms with van der Waals surface area (Å²) in [6, 6.07) is 5.55. The van der Waals surface area contributed by atoms with Gasteiger partial charge in [-0.05, 0) is 43.9 Å². The average molecular weight is 327 g/mol. The summed E-state index contributed by atoms with van der Waals surface area (Å²) in [7, 11) is 0. The quantitative estimate of drug-likeness (QED) is 0.782. The first-order chi connectivity index (χ1) is 11.3. The Morgan fingerprint density at radius 3 is 3.09 bits per heavy atom. The standard InChI is InChI=1S/C16H17N5OS/c1-2-21-15(17-8-19-21)14(10-3-4-10)20-16(22)11-5-6-12-13(7-11)23-9-18-12/h5-10,14H,2-4H2,1H3,(H,20,22). The fourth-order valence-electron chi connectivity index (χ4n) is 2.80. The second-order valence-corrected chi connectivity index (χ2v) is 6.64. The number of rotatable bonds is 5. The van der Waals surface area contributed by atoms with Crippen LogP contribution in [0.1, 0.15) is 42.0 Å². The number of nitrogens with one attached hydrogen (secondary N) is 1. The Morgan fingerprint density at radius 1 is 1.43 bits per heavy atom. The zero-order valence-corrected chi connectivity index (χ0v) is 13.6. The normalized spacial score (nSPS) is 15.7. The van der Waals surface area contributed by atoms with Gasteiger partial charge in [0.25, 0.3) is 5.91 Å². The maximum absolute atomic E-state index is 12.7. The number of aryl methyl sites for hydroxylation is 1. The van der Waals surface area contributed by atoms with E-state index in [4.69, 9.17) is 0 Å². The summed E-state index contributed by atoms with van der Waals surface area (Å²) in [6.45, 7) is 2.78. The van der Waals surface area contributed by atoms with Crippen LogP contribution in [0.25, 0.3) is 10.2 Å². The predicted octanol–water partition coefficient (Wildman–Crippen LogP) is 2.79. The van der Waals surface area contributed by atoms with E-state index < -0.39 is 0 Å². The van der Waals surface area contributed by atoms with Crippen LogP contribution in [0, 0.1) is 5.92 Å². The van der Waals surface area contributed by atoms with E-state index in [9.17, 15) is 4.79 Å². The Morgan fingerprint density at radius 2 is 2.30 bits per heavy atom. The summed E-state index contributed by atoms with van der Waals surface area (Å²) >= 11 is 1.54. The van der Waals surface area contributed by atoms with Crippen LogP contribution in [-0.4, -0.2) is 25.7 Å². The highest BCUT2D eigenvalue weighted by Gasteiger charge is 2.36. The molecule has 1 N–H and O–H groups in total. The molecule has 0 saturated heterocycles. The van der Waals surface area contributed by atoms with Crippen LogP contribution in [0.5, 0.6) is 0 Å². The third kappa shape index (κ3) is 2.72. The molecule has 2 heterocycles. The third-order valence-corrected chi connectivity index (χ3v) is 4.99. The van der Waals surface area contributed by atoms with E-state index in [1.807, 2.05) is 29.8 Å². The van der Waals surface area contributed by atoms with Gasteiger partial charge in [-0.3, -0.25) is 4.79 Å². The Kier molecular flexibility index (Phi) is 3.57. The van der Waals surface area contributed by atoms with Crippen LogP contribution in [0.15, 0.2) is 30.0 Å². The highest BCUT2D eigenvalue weighted by molar-refractivity contribution is 7.16. The lowest BCUT2D eigenvalue weighted by molar-refractivity contribution is 0.0928. The first-order valence-corrected chi connectivity index (χ1v) is 8.66. The zero-order valence-electron chi connectivity index (χ0n) is 12.8. The second-order valence-electron chi connectivity index (χ2n) is 5.76. The minimum absolute atomic E-state index is 0.0668. The number of aromatic nitrogens is 4. The van der Waals surface area contributed by atoms with Crippen molar-refractivity contribution in [3.05, 3.63) is 41.4 Å². The van der Waals surface area contributed by atoms with Crippen molar-refractivity contribution >= 4 is 27.5 Å². The molecule has 1 atom stereocenters. The van der Waals surface area contributed by atoms with E-state index in [0.717, 1.165) is 35.4 Å². The maximum Gasteiger partial charge on any atom is 0.251 e. The summed E-state index contributed by atoms with van der Waals surface area (Å²) in [4.78, 5) is 21.3. The van der Waals surface area contributed by atoms with E-state index in [-0.39, 0.29) is 11.9 Å². The molecular formula is C16H17N5OS. The lowest BCUT2D eigenvalue weighted by Gasteiger charge is -2.18. The van der Waals surface area contributed by atoms with Crippen LogP contribution < -0.4 is 5.32 Å². The molecule has 23 heavy (non-hydrogen) atoms. The van der Waals surface area contributed by atoms with Crippen LogP contribution in [0.3, 0.4) is 0 Å². The van der Waals surface area contributed by atoms with Crippen molar-refractivity contribution in [3.8, 4) is 0 Å². The van der Waals surface area contributed by atoms with E-state index in [1.54, 1.807) is 23.2 Å². The molecule has 7 heteroatoms. The third-order valence-electron chi connectivity index (χ3n) is 4.20. The van der Waals surface area contributed by atoms with Crippen molar-refractivity contribution in [3.63, 3.8) is 0 Å². The molecule has 1 unspecified atom stereocenters. The molecule has 1 amide bonds. The van der Waals surface area contributed by atoms with Gasteiger partial charge >= 0.3 is 0 Å². The minimum atomic E-state index is -0.0675. The van der Waals surface area contributed by atoms with Crippen LogP contribution >= 0.6 is 11.3 Å². The topological polar surface area (TPSA) is 72.7 Å². The molecule has 1 saturated carbocycles. The van der Waals surface area contributed by atoms with Crippen molar-refractivity contribution < 1.29 is 4.79 Å². The van der Waals surface area contributed by atoms with E-state index >= 15 is 0 Å². The lowest BCUT2D eigenvalue weighted by atomic mass is 10.1. The van der Waals surface area contributed by atoms with E-state index in [0.29, 0.717) is 11.5 Å².